The molecule has 1 amide bonds. The van der Waals surface area contributed by atoms with Crippen molar-refractivity contribution in [3.8, 4) is 5.75 Å². The molecular formula is C21H28ClN5O3. The summed E-state index contributed by atoms with van der Waals surface area (Å²) in [7, 11) is 0. The van der Waals surface area contributed by atoms with Crippen LogP contribution in [-0.4, -0.2) is 60.9 Å². The van der Waals surface area contributed by atoms with Gasteiger partial charge in [0.2, 0.25) is 5.95 Å². The van der Waals surface area contributed by atoms with E-state index in [4.69, 9.17) is 21.1 Å². The lowest BCUT2D eigenvalue weighted by atomic mass is 10.1. The van der Waals surface area contributed by atoms with Crippen molar-refractivity contribution in [3.05, 3.63) is 41.0 Å². The molecule has 30 heavy (non-hydrogen) atoms. The number of halogens is 1. The Hall–Kier alpha value is -2.58. The molecule has 2 aromatic rings. The second-order valence-electron chi connectivity index (χ2n) is 7.54. The highest BCUT2D eigenvalue weighted by Gasteiger charge is 2.29. The standard InChI is InChI=1S/C21H28ClN5O3/c1-15-14-18(27-10-12-29-13-11-27)26-20(25-15)24-9-8-23-19(28)21(2,3)30-17-6-4-16(22)5-7-17/h4-7,14H,8-13H2,1-3H3,(H,23,28)(H,24,25,26). The molecule has 1 aliphatic heterocycles. The summed E-state index contributed by atoms with van der Waals surface area (Å²) >= 11 is 5.88. The minimum Gasteiger partial charge on any atom is -0.478 e. The zero-order valence-corrected chi connectivity index (χ0v) is 18.3. The van der Waals surface area contributed by atoms with E-state index in [1.165, 1.54) is 0 Å². The predicted molar refractivity (Wildman–Crippen MR) is 117 cm³/mol. The first-order valence-electron chi connectivity index (χ1n) is 9.99. The molecule has 1 aliphatic rings. The van der Waals surface area contributed by atoms with Crippen LogP contribution in [0, 0.1) is 6.92 Å². The quantitative estimate of drug-likeness (QED) is 0.618. The van der Waals surface area contributed by atoms with Crippen molar-refractivity contribution in [1.82, 2.24) is 15.3 Å². The van der Waals surface area contributed by atoms with Gasteiger partial charge in [0.15, 0.2) is 5.60 Å². The van der Waals surface area contributed by atoms with Crippen LogP contribution in [0.2, 0.25) is 5.02 Å². The van der Waals surface area contributed by atoms with Crippen LogP contribution < -0.4 is 20.3 Å². The number of aryl methyl sites for hydroxylation is 1. The number of hydrogen-bond donors (Lipinski definition) is 2. The third kappa shape index (κ3) is 6.21. The number of benzene rings is 1. The van der Waals surface area contributed by atoms with Gasteiger partial charge in [-0.2, -0.15) is 4.98 Å². The molecule has 0 radical (unpaired) electrons. The molecule has 1 fully saturated rings. The van der Waals surface area contributed by atoms with Gasteiger partial charge in [0.1, 0.15) is 11.6 Å². The van der Waals surface area contributed by atoms with E-state index in [1.807, 2.05) is 13.0 Å². The average Bonchev–Trinajstić information content (AvgIpc) is 2.73. The van der Waals surface area contributed by atoms with Gasteiger partial charge in [-0.05, 0) is 45.0 Å². The van der Waals surface area contributed by atoms with Gasteiger partial charge >= 0.3 is 0 Å². The number of aromatic nitrogens is 2. The summed E-state index contributed by atoms with van der Waals surface area (Å²) in [5, 5.41) is 6.68. The molecule has 0 spiro atoms. The fourth-order valence-corrected chi connectivity index (χ4v) is 3.12. The van der Waals surface area contributed by atoms with Gasteiger partial charge in [-0.25, -0.2) is 4.98 Å². The topological polar surface area (TPSA) is 88.6 Å². The van der Waals surface area contributed by atoms with Gasteiger partial charge < -0.3 is 25.0 Å². The number of carbonyl (C=O) groups excluding carboxylic acids is 1. The third-order valence-electron chi connectivity index (χ3n) is 4.60. The third-order valence-corrected chi connectivity index (χ3v) is 4.85. The van der Waals surface area contributed by atoms with E-state index in [2.05, 4.69) is 25.5 Å². The van der Waals surface area contributed by atoms with Gasteiger partial charge in [-0.1, -0.05) is 11.6 Å². The smallest absolute Gasteiger partial charge is 0.263 e. The van der Waals surface area contributed by atoms with Gasteiger partial charge in [-0.15, -0.1) is 0 Å². The van der Waals surface area contributed by atoms with Crippen LogP contribution in [0.5, 0.6) is 5.75 Å². The van der Waals surface area contributed by atoms with E-state index in [9.17, 15) is 4.79 Å². The molecular weight excluding hydrogens is 406 g/mol. The second-order valence-corrected chi connectivity index (χ2v) is 7.98. The maximum atomic E-state index is 12.5. The molecule has 2 N–H and O–H groups in total. The number of morpholine rings is 1. The average molecular weight is 434 g/mol. The Kier molecular flexibility index (Phi) is 7.33. The molecule has 3 rings (SSSR count). The zero-order valence-electron chi connectivity index (χ0n) is 17.6. The lowest BCUT2D eigenvalue weighted by Crippen LogP contribution is -2.47. The minimum atomic E-state index is -1.02. The lowest BCUT2D eigenvalue weighted by molar-refractivity contribution is -0.134. The molecule has 0 aliphatic carbocycles. The molecule has 162 valence electrons. The number of amides is 1. The number of hydrogen-bond acceptors (Lipinski definition) is 7. The molecule has 8 nitrogen and oxygen atoms in total. The Balaban J connectivity index is 1.48. The van der Waals surface area contributed by atoms with Crippen molar-refractivity contribution in [2.45, 2.75) is 26.4 Å². The van der Waals surface area contributed by atoms with Crippen LogP contribution in [-0.2, 0) is 9.53 Å². The summed E-state index contributed by atoms with van der Waals surface area (Å²) in [6.07, 6.45) is 0. The van der Waals surface area contributed by atoms with E-state index in [-0.39, 0.29) is 5.91 Å². The highest BCUT2D eigenvalue weighted by atomic mass is 35.5. The molecule has 0 saturated carbocycles. The number of carbonyl (C=O) groups is 1. The summed E-state index contributed by atoms with van der Waals surface area (Å²) in [4.78, 5) is 23.7. The second kappa shape index (κ2) is 9.95. The Bertz CT molecular complexity index is 854. The summed E-state index contributed by atoms with van der Waals surface area (Å²) < 4.78 is 11.2. The lowest BCUT2D eigenvalue weighted by Gasteiger charge is -2.28. The van der Waals surface area contributed by atoms with Crippen LogP contribution in [0.25, 0.3) is 0 Å². The number of anilines is 2. The Morgan fingerprint density at radius 3 is 2.60 bits per heavy atom. The molecule has 0 unspecified atom stereocenters. The molecule has 0 bridgehead atoms. The van der Waals surface area contributed by atoms with Gasteiger partial charge in [0, 0.05) is 43.0 Å². The molecule has 1 aromatic carbocycles. The van der Waals surface area contributed by atoms with Crippen LogP contribution in [0.3, 0.4) is 0 Å². The first-order valence-corrected chi connectivity index (χ1v) is 10.4. The Morgan fingerprint density at radius 1 is 1.20 bits per heavy atom. The largest absolute Gasteiger partial charge is 0.478 e. The van der Waals surface area contributed by atoms with Crippen LogP contribution in [0.1, 0.15) is 19.5 Å². The summed E-state index contributed by atoms with van der Waals surface area (Å²) in [6, 6.07) is 8.89. The maximum absolute atomic E-state index is 12.5. The van der Waals surface area contributed by atoms with Gasteiger partial charge in [-0.3, -0.25) is 4.79 Å². The molecule has 9 heteroatoms. The first kappa shape index (κ1) is 22.1. The van der Waals surface area contributed by atoms with Crippen molar-refractivity contribution in [2.24, 2.45) is 0 Å². The number of ether oxygens (including phenoxy) is 2. The van der Waals surface area contributed by atoms with Crippen molar-refractivity contribution >= 4 is 29.3 Å². The highest BCUT2D eigenvalue weighted by molar-refractivity contribution is 6.30. The Morgan fingerprint density at radius 2 is 1.90 bits per heavy atom. The summed E-state index contributed by atoms with van der Waals surface area (Å²) in [5.74, 6) is 1.80. The first-order chi connectivity index (χ1) is 14.3. The molecule has 1 aromatic heterocycles. The van der Waals surface area contributed by atoms with E-state index < -0.39 is 5.60 Å². The fourth-order valence-electron chi connectivity index (χ4n) is 2.99. The van der Waals surface area contributed by atoms with Gasteiger partial charge in [0.25, 0.3) is 5.91 Å². The minimum absolute atomic E-state index is 0.210. The van der Waals surface area contributed by atoms with E-state index >= 15 is 0 Å². The van der Waals surface area contributed by atoms with Crippen LogP contribution in [0.15, 0.2) is 30.3 Å². The predicted octanol–water partition coefficient (Wildman–Crippen LogP) is 2.66. The van der Waals surface area contributed by atoms with Crippen LogP contribution >= 0.6 is 11.6 Å². The highest BCUT2D eigenvalue weighted by Crippen LogP contribution is 2.21. The van der Waals surface area contributed by atoms with E-state index in [0.29, 0.717) is 43.0 Å². The van der Waals surface area contributed by atoms with Crippen molar-refractivity contribution in [1.29, 1.82) is 0 Å². The normalized spacial score (nSPS) is 14.3. The monoisotopic (exact) mass is 433 g/mol. The molecule has 0 atom stereocenters. The van der Waals surface area contributed by atoms with E-state index in [1.54, 1.807) is 38.1 Å². The number of nitrogens with one attached hydrogen (secondary N) is 2. The number of nitrogens with zero attached hydrogens (tertiary/aromatic N) is 3. The number of rotatable bonds is 8. The molecule has 1 saturated heterocycles. The van der Waals surface area contributed by atoms with Gasteiger partial charge in [0.05, 0.1) is 13.2 Å². The van der Waals surface area contributed by atoms with Crippen molar-refractivity contribution in [3.63, 3.8) is 0 Å². The summed E-state index contributed by atoms with van der Waals surface area (Å²) in [5.41, 5.74) is -0.132. The maximum Gasteiger partial charge on any atom is 0.263 e. The SMILES string of the molecule is Cc1cc(N2CCOCC2)nc(NCCNC(=O)C(C)(C)Oc2ccc(Cl)cc2)n1. The Labute approximate surface area is 181 Å². The summed E-state index contributed by atoms with van der Waals surface area (Å²) in [6.45, 7) is 9.33. The van der Waals surface area contributed by atoms with Crippen LogP contribution in [0.4, 0.5) is 11.8 Å². The van der Waals surface area contributed by atoms with Crippen molar-refractivity contribution < 1.29 is 14.3 Å². The fraction of sp³-hybridized carbons (Fsp3) is 0.476. The van der Waals surface area contributed by atoms with Crippen molar-refractivity contribution in [2.75, 3.05) is 49.6 Å². The molecule has 2 heterocycles. The van der Waals surface area contributed by atoms with E-state index in [0.717, 1.165) is 24.6 Å². The zero-order chi connectivity index (χ0) is 21.6.